The van der Waals surface area contributed by atoms with Crippen molar-refractivity contribution in [3.05, 3.63) is 17.9 Å². The molecule has 0 aliphatic heterocycles. The highest BCUT2D eigenvalue weighted by Gasteiger charge is 2.11. The number of carboxylic acid groups (broad SMARTS) is 1. The maximum Gasteiger partial charge on any atom is 0.371 e. The largest absolute Gasteiger partial charge is 0.475 e. The molecule has 1 N–H and O–H groups in total. The van der Waals surface area contributed by atoms with E-state index in [-0.39, 0.29) is 11.9 Å². The van der Waals surface area contributed by atoms with E-state index < -0.39 is 5.97 Å². The minimum Gasteiger partial charge on any atom is -0.475 e. The lowest BCUT2D eigenvalue weighted by molar-refractivity contribution is 0.0663. The third-order valence-corrected chi connectivity index (χ3v) is 2.06. The Morgan fingerprint density at radius 1 is 1.56 bits per heavy atom. The Labute approximate surface area is 94.6 Å². The molecule has 0 spiro atoms. The van der Waals surface area contributed by atoms with Crippen LogP contribution >= 0.6 is 0 Å². The lowest BCUT2D eigenvalue weighted by Gasteiger charge is -2.16. The minimum atomic E-state index is -1.06. The first kappa shape index (κ1) is 12.6. The molecule has 0 amide bonds. The third kappa shape index (κ3) is 3.58. The van der Waals surface area contributed by atoms with E-state index in [1.54, 1.807) is 6.07 Å². The number of hydrogen-bond acceptors (Lipinski definition) is 4. The molecule has 0 saturated heterocycles. The number of aromatic carboxylic acids is 1. The molecule has 0 aromatic carbocycles. The van der Waals surface area contributed by atoms with E-state index in [4.69, 9.17) is 14.3 Å². The van der Waals surface area contributed by atoms with Gasteiger partial charge in [0.1, 0.15) is 0 Å². The summed E-state index contributed by atoms with van der Waals surface area (Å²) in [5.41, 5.74) is 0. The number of likely N-dealkylation sites (N-methyl/N-ethyl adjacent to an activating group) is 1. The lowest BCUT2D eigenvalue weighted by Crippen LogP contribution is -2.23. The van der Waals surface area contributed by atoms with Crippen LogP contribution in [0.15, 0.2) is 16.5 Å². The average molecular weight is 227 g/mol. The summed E-state index contributed by atoms with van der Waals surface area (Å²) in [6.45, 7) is 5.17. The van der Waals surface area contributed by atoms with Crippen molar-refractivity contribution in [1.29, 1.82) is 0 Å². The van der Waals surface area contributed by atoms with Crippen molar-refractivity contribution in [1.82, 2.24) is 0 Å². The van der Waals surface area contributed by atoms with Crippen LogP contribution in [0.1, 0.15) is 24.4 Å². The standard InChI is InChI=1S/C11H17NO4/c1-8(2)15-7-6-12(3)10-5-4-9(16-10)11(13)14/h4-5,8H,6-7H2,1-3H3,(H,13,14). The summed E-state index contributed by atoms with van der Waals surface area (Å²) in [6.07, 6.45) is 0.194. The van der Waals surface area contributed by atoms with E-state index in [9.17, 15) is 4.79 Å². The van der Waals surface area contributed by atoms with Gasteiger partial charge in [0, 0.05) is 19.7 Å². The molecule has 0 atom stereocenters. The van der Waals surface area contributed by atoms with Crippen LogP contribution in [0.4, 0.5) is 5.88 Å². The molecule has 16 heavy (non-hydrogen) atoms. The molecule has 5 heteroatoms. The topological polar surface area (TPSA) is 62.9 Å². The molecule has 1 heterocycles. The molecule has 0 unspecified atom stereocenters. The summed E-state index contributed by atoms with van der Waals surface area (Å²) >= 11 is 0. The first-order valence-corrected chi connectivity index (χ1v) is 5.16. The van der Waals surface area contributed by atoms with Crippen LogP contribution in [-0.2, 0) is 4.74 Å². The zero-order valence-corrected chi connectivity index (χ0v) is 9.77. The summed E-state index contributed by atoms with van der Waals surface area (Å²) in [5, 5.41) is 8.69. The van der Waals surface area contributed by atoms with Gasteiger partial charge in [0.15, 0.2) is 5.88 Å². The van der Waals surface area contributed by atoms with E-state index in [0.29, 0.717) is 19.0 Å². The van der Waals surface area contributed by atoms with Crippen molar-refractivity contribution in [3.63, 3.8) is 0 Å². The average Bonchev–Trinajstić information content (AvgIpc) is 2.65. The fraction of sp³-hybridized carbons (Fsp3) is 0.545. The smallest absolute Gasteiger partial charge is 0.371 e. The second kappa shape index (κ2) is 5.55. The molecule has 1 rings (SSSR count). The summed E-state index contributed by atoms with van der Waals surface area (Å²) < 4.78 is 10.5. The quantitative estimate of drug-likeness (QED) is 0.803. The van der Waals surface area contributed by atoms with Crippen molar-refractivity contribution < 1.29 is 19.1 Å². The van der Waals surface area contributed by atoms with Gasteiger partial charge in [-0.15, -0.1) is 0 Å². The van der Waals surface area contributed by atoms with Gasteiger partial charge >= 0.3 is 5.97 Å². The summed E-state index contributed by atoms with van der Waals surface area (Å²) in [6, 6.07) is 3.08. The van der Waals surface area contributed by atoms with Gasteiger partial charge in [-0.25, -0.2) is 4.79 Å². The SMILES string of the molecule is CC(C)OCCN(C)c1ccc(C(=O)O)o1. The van der Waals surface area contributed by atoms with Crippen molar-refractivity contribution >= 4 is 11.9 Å². The van der Waals surface area contributed by atoms with Gasteiger partial charge in [0.2, 0.25) is 5.76 Å². The molecule has 0 radical (unpaired) electrons. The second-order valence-electron chi connectivity index (χ2n) is 3.78. The predicted octanol–water partition coefficient (Wildman–Crippen LogP) is 1.84. The number of rotatable bonds is 6. The van der Waals surface area contributed by atoms with Crippen LogP contribution in [0.2, 0.25) is 0 Å². The van der Waals surface area contributed by atoms with Crippen LogP contribution in [0.25, 0.3) is 0 Å². The van der Waals surface area contributed by atoms with Gasteiger partial charge in [-0.2, -0.15) is 0 Å². The van der Waals surface area contributed by atoms with Crippen molar-refractivity contribution in [2.24, 2.45) is 0 Å². The van der Waals surface area contributed by atoms with E-state index in [2.05, 4.69) is 0 Å². The highest BCUT2D eigenvalue weighted by atomic mass is 16.5. The van der Waals surface area contributed by atoms with Gasteiger partial charge in [-0.1, -0.05) is 0 Å². The molecule has 0 aliphatic carbocycles. The monoisotopic (exact) mass is 227 g/mol. The molecule has 0 bridgehead atoms. The maximum absolute atomic E-state index is 10.6. The molecule has 0 aliphatic rings. The van der Waals surface area contributed by atoms with Gasteiger partial charge in [-0.3, -0.25) is 0 Å². The first-order chi connectivity index (χ1) is 7.50. The highest BCUT2D eigenvalue weighted by Crippen LogP contribution is 2.16. The predicted molar refractivity (Wildman–Crippen MR) is 60.0 cm³/mol. The second-order valence-corrected chi connectivity index (χ2v) is 3.78. The summed E-state index contributed by atoms with van der Waals surface area (Å²) in [5.74, 6) is -0.575. The molecule has 5 nitrogen and oxygen atoms in total. The zero-order valence-electron chi connectivity index (χ0n) is 9.77. The van der Waals surface area contributed by atoms with Crippen LogP contribution in [0.5, 0.6) is 0 Å². The fourth-order valence-electron chi connectivity index (χ4n) is 1.18. The Morgan fingerprint density at radius 2 is 2.25 bits per heavy atom. The van der Waals surface area contributed by atoms with E-state index in [0.717, 1.165) is 0 Å². The Kier molecular flexibility index (Phi) is 4.37. The number of anilines is 1. The Morgan fingerprint density at radius 3 is 2.75 bits per heavy atom. The number of nitrogens with zero attached hydrogens (tertiary/aromatic N) is 1. The number of carboxylic acids is 1. The Bertz CT molecular complexity index is 346. The number of hydrogen-bond donors (Lipinski definition) is 1. The van der Waals surface area contributed by atoms with Crippen molar-refractivity contribution in [2.45, 2.75) is 20.0 Å². The minimum absolute atomic E-state index is 0.0494. The van der Waals surface area contributed by atoms with Gasteiger partial charge in [0.05, 0.1) is 12.7 Å². The Balaban J connectivity index is 2.46. The van der Waals surface area contributed by atoms with E-state index in [1.807, 2.05) is 25.8 Å². The normalized spacial score (nSPS) is 10.8. The van der Waals surface area contributed by atoms with Crippen LogP contribution in [-0.4, -0.2) is 37.4 Å². The molecule has 1 aromatic heterocycles. The van der Waals surface area contributed by atoms with Crippen LogP contribution < -0.4 is 4.90 Å². The maximum atomic E-state index is 10.6. The zero-order chi connectivity index (χ0) is 12.1. The van der Waals surface area contributed by atoms with Crippen LogP contribution in [0.3, 0.4) is 0 Å². The number of ether oxygens (including phenoxy) is 1. The van der Waals surface area contributed by atoms with Gasteiger partial charge in [0.25, 0.3) is 0 Å². The summed E-state index contributed by atoms with van der Waals surface area (Å²) in [4.78, 5) is 12.4. The first-order valence-electron chi connectivity index (χ1n) is 5.16. The van der Waals surface area contributed by atoms with Gasteiger partial charge < -0.3 is 19.2 Å². The fourth-order valence-corrected chi connectivity index (χ4v) is 1.18. The number of carbonyl (C=O) groups is 1. The molecule has 0 fully saturated rings. The number of furan rings is 1. The van der Waals surface area contributed by atoms with Gasteiger partial charge in [-0.05, 0) is 19.9 Å². The van der Waals surface area contributed by atoms with Crippen LogP contribution in [0, 0.1) is 0 Å². The molecule has 0 saturated carbocycles. The van der Waals surface area contributed by atoms with E-state index >= 15 is 0 Å². The molecular formula is C11H17NO4. The summed E-state index contributed by atoms with van der Waals surface area (Å²) in [7, 11) is 1.83. The molecular weight excluding hydrogens is 210 g/mol. The molecule has 90 valence electrons. The van der Waals surface area contributed by atoms with E-state index in [1.165, 1.54) is 6.07 Å². The molecule has 1 aromatic rings. The Hall–Kier alpha value is -1.49. The lowest BCUT2D eigenvalue weighted by atomic mass is 10.4. The third-order valence-electron chi connectivity index (χ3n) is 2.06. The van der Waals surface area contributed by atoms with Crippen molar-refractivity contribution in [3.8, 4) is 0 Å². The van der Waals surface area contributed by atoms with Crippen molar-refractivity contribution in [2.75, 3.05) is 25.1 Å². The highest BCUT2D eigenvalue weighted by molar-refractivity contribution is 5.84.